The minimum absolute atomic E-state index is 0.0483. The average molecular weight is 484 g/mol. The highest BCUT2D eigenvalue weighted by molar-refractivity contribution is 5.77. The zero-order chi connectivity index (χ0) is 25.1. The van der Waals surface area contributed by atoms with Gasteiger partial charge in [-0.15, -0.1) is 0 Å². The molecule has 8 nitrogen and oxygen atoms in total. The molecule has 0 radical (unpaired) electrons. The van der Waals surface area contributed by atoms with Crippen molar-refractivity contribution in [1.82, 2.24) is 24.0 Å². The number of nitrogens with one attached hydrogen (secondary N) is 1. The number of hydrogen-bond donors (Lipinski definition) is 1. The summed E-state index contributed by atoms with van der Waals surface area (Å²) >= 11 is 0. The van der Waals surface area contributed by atoms with Gasteiger partial charge in [0.05, 0.1) is 6.33 Å². The number of aromatic nitrogens is 4. The number of carbonyl (C=O) groups excluding carboxylic acids is 1. The first-order valence-corrected chi connectivity index (χ1v) is 13.5. The molecule has 6 rings (SSSR count). The summed E-state index contributed by atoms with van der Waals surface area (Å²) < 4.78 is 4.50. The van der Waals surface area contributed by atoms with Crippen LogP contribution in [0, 0.1) is 35.0 Å². The van der Waals surface area contributed by atoms with Gasteiger partial charge >= 0.3 is 5.69 Å². The van der Waals surface area contributed by atoms with Gasteiger partial charge in [0.2, 0.25) is 5.91 Å². The van der Waals surface area contributed by atoms with Crippen LogP contribution in [0.4, 0.5) is 0 Å². The molecule has 1 atom stereocenters. The number of amides is 1. The smallest absolute Gasteiger partial charge is 0.333 e. The zero-order valence-corrected chi connectivity index (χ0v) is 21.9. The van der Waals surface area contributed by atoms with Gasteiger partial charge in [0.1, 0.15) is 6.54 Å². The Balaban J connectivity index is 1.43. The third-order valence-corrected chi connectivity index (χ3v) is 8.78. The van der Waals surface area contributed by atoms with Crippen molar-refractivity contribution < 1.29 is 4.79 Å². The van der Waals surface area contributed by atoms with Gasteiger partial charge in [0.25, 0.3) is 5.56 Å². The highest BCUT2D eigenvalue weighted by atomic mass is 16.2. The Morgan fingerprint density at radius 2 is 1.54 bits per heavy atom. The van der Waals surface area contributed by atoms with E-state index in [1.165, 1.54) is 38.5 Å². The zero-order valence-electron chi connectivity index (χ0n) is 21.9. The molecule has 4 aliphatic carbocycles. The largest absolute Gasteiger partial charge is 0.352 e. The minimum Gasteiger partial charge on any atom is -0.352 e. The summed E-state index contributed by atoms with van der Waals surface area (Å²) in [6, 6.07) is 0.0483. The van der Waals surface area contributed by atoms with Gasteiger partial charge in [0.15, 0.2) is 11.2 Å². The van der Waals surface area contributed by atoms with E-state index >= 15 is 0 Å². The van der Waals surface area contributed by atoms with Crippen LogP contribution in [0.3, 0.4) is 0 Å². The molecule has 192 valence electrons. The van der Waals surface area contributed by atoms with E-state index < -0.39 is 11.2 Å². The van der Waals surface area contributed by atoms with Gasteiger partial charge in [-0.1, -0.05) is 27.7 Å². The predicted molar refractivity (Wildman–Crippen MR) is 136 cm³/mol. The third kappa shape index (κ3) is 4.38. The fraction of sp³-hybridized carbons (Fsp3) is 0.778. The molecule has 8 heteroatoms. The quantitative estimate of drug-likeness (QED) is 0.623. The maximum absolute atomic E-state index is 13.5. The molecule has 2 heterocycles. The topological polar surface area (TPSA) is 90.9 Å². The van der Waals surface area contributed by atoms with Crippen LogP contribution in [-0.2, 0) is 24.4 Å². The lowest BCUT2D eigenvalue weighted by atomic mass is 9.48. The lowest BCUT2D eigenvalue weighted by molar-refractivity contribution is -0.126. The number of imidazole rings is 1. The summed E-state index contributed by atoms with van der Waals surface area (Å²) in [5.41, 5.74) is 0.103. The number of rotatable bonds is 8. The Labute approximate surface area is 207 Å². The highest BCUT2D eigenvalue weighted by Gasteiger charge is 2.53. The molecule has 2 aromatic heterocycles. The molecule has 1 N–H and O–H groups in total. The van der Waals surface area contributed by atoms with E-state index in [0.717, 1.165) is 22.3 Å². The van der Waals surface area contributed by atoms with Crippen LogP contribution in [0.25, 0.3) is 11.2 Å². The van der Waals surface area contributed by atoms with Gasteiger partial charge in [-0.25, -0.2) is 14.3 Å². The van der Waals surface area contributed by atoms with Crippen molar-refractivity contribution in [2.45, 2.75) is 98.8 Å². The average Bonchev–Trinajstić information content (AvgIpc) is 3.16. The molecule has 0 saturated heterocycles. The molecular formula is C27H41N5O3. The SMILES string of the molecule is CC(C)Cn1cnc2c1c(=O)n(CC(=O)N[C@@H](C)C13CC4CC(CC(C4)C1)C3)c(=O)n2CC(C)C. The van der Waals surface area contributed by atoms with Crippen molar-refractivity contribution in [2.24, 2.45) is 35.0 Å². The molecule has 35 heavy (non-hydrogen) atoms. The molecule has 4 bridgehead atoms. The molecule has 2 aromatic rings. The second-order valence-corrected chi connectivity index (χ2v) is 12.7. The van der Waals surface area contributed by atoms with E-state index in [1.54, 1.807) is 10.9 Å². The van der Waals surface area contributed by atoms with Gasteiger partial charge < -0.3 is 9.88 Å². The number of hydrogen-bond acceptors (Lipinski definition) is 4. The van der Waals surface area contributed by atoms with Crippen LogP contribution in [0.5, 0.6) is 0 Å². The first-order chi connectivity index (χ1) is 16.6. The lowest BCUT2D eigenvalue weighted by Gasteiger charge is -2.59. The number of nitrogens with zero attached hydrogens (tertiary/aromatic N) is 4. The molecule has 0 spiro atoms. The molecule has 0 unspecified atom stereocenters. The summed E-state index contributed by atoms with van der Waals surface area (Å²) in [5, 5.41) is 3.22. The van der Waals surface area contributed by atoms with E-state index in [-0.39, 0.29) is 29.8 Å². The van der Waals surface area contributed by atoms with Crippen molar-refractivity contribution in [3.05, 3.63) is 27.2 Å². The molecule has 4 saturated carbocycles. The van der Waals surface area contributed by atoms with E-state index in [9.17, 15) is 14.4 Å². The second-order valence-electron chi connectivity index (χ2n) is 12.7. The van der Waals surface area contributed by atoms with E-state index in [2.05, 4.69) is 31.1 Å². The maximum atomic E-state index is 13.5. The van der Waals surface area contributed by atoms with Crippen molar-refractivity contribution in [3.63, 3.8) is 0 Å². The van der Waals surface area contributed by atoms with Crippen molar-refractivity contribution in [1.29, 1.82) is 0 Å². The first-order valence-electron chi connectivity index (χ1n) is 13.5. The monoisotopic (exact) mass is 483 g/mol. The van der Waals surface area contributed by atoms with Crippen LogP contribution >= 0.6 is 0 Å². The molecular weight excluding hydrogens is 442 g/mol. The Kier molecular flexibility index (Phi) is 6.20. The maximum Gasteiger partial charge on any atom is 0.333 e. The third-order valence-electron chi connectivity index (χ3n) is 8.78. The lowest BCUT2D eigenvalue weighted by Crippen LogP contribution is -2.56. The van der Waals surface area contributed by atoms with E-state index in [0.29, 0.717) is 30.2 Å². The van der Waals surface area contributed by atoms with Crippen LogP contribution in [-0.4, -0.2) is 30.6 Å². The minimum atomic E-state index is -0.455. The van der Waals surface area contributed by atoms with Gasteiger partial charge in [-0.05, 0) is 80.5 Å². The van der Waals surface area contributed by atoms with Crippen molar-refractivity contribution >= 4 is 17.1 Å². The van der Waals surface area contributed by atoms with Gasteiger partial charge in [-0.2, -0.15) is 0 Å². The predicted octanol–water partition coefficient (Wildman–Crippen LogP) is 3.39. The first kappa shape index (κ1) is 24.3. The Morgan fingerprint density at radius 3 is 2.09 bits per heavy atom. The fourth-order valence-corrected chi connectivity index (χ4v) is 7.73. The van der Waals surface area contributed by atoms with Crippen LogP contribution in [0.1, 0.15) is 73.1 Å². The van der Waals surface area contributed by atoms with Gasteiger partial charge in [-0.3, -0.25) is 14.2 Å². The van der Waals surface area contributed by atoms with E-state index in [1.807, 2.05) is 18.4 Å². The van der Waals surface area contributed by atoms with Crippen molar-refractivity contribution in [3.8, 4) is 0 Å². The fourth-order valence-electron chi connectivity index (χ4n) is 7.73. The number of fused-ring (bicyclic) bond motifs is 1. The highest BCUT2D eigenvalue weighted by Crippen LogP contribution is 2.61. The van der Waals surface area contributed by atoms with E-state index in [4.69, 9.17) is 0 Å². The molecule has 4 aliphatic rings. The van der Waals surface area contributed by atoms with Crippen LogP contribution in [0.2, 0.25) is 0 Å². The Hall–Kier alpha value is -2.38. The summed E-state index contributed by atoms with van der Waals surface area (Å²) in [4.78, 5) is 44.6. The summed E-state index contributed by atoms with van der Waals surface area (Å²) in [6.07, 6.45) is 9.30. The van der Waals surface area contributed by atoms with Gasteiger partial charge in [0, 0.05) is 19.1 Å². The molecule has 4 fully saturated rings. The standard InChI is InChI=1S/C27H41N5O3/c1-16(2)12-30-15-28-24-23(30)25(34)32(26(35)31(24)13-17(3)4)14-22(33)29-18(5)27-9-19-6-20(10-27)8-21(7-19)11-27/h15-21H,6-14H2,1-5H3,(H,29,33)/t18-,19?,20?,21?,27?/m0/s1. The molecule has 0 aromatic carbocycles. The molecule has 1 amide bonds. The summed E-state index contributed by atoms with van der Waals surface area (Å²) in [7, 11) is 0. The number of carbonyl (C=O) groups is 1. The Morgan fingerprint density at radius 1 is 0.971 bits per heavy atom. The summed E-state index contributed by atoms with van der Waals surface area (Å²) in [6.45, 7) is 11.2. The molecule has 0 aliphatic heterocycles. The summed E-state index contributed by atoms with van der Waals surface area (Å²) in [5.74, 6) is 2.66. The Bertz CT molecular complexity index is 1200. The van der Waals surface area contributed by atoms with Crippen molar-refractivity contribution in [2.75, 3.05) is 0 Å². The van der Waals surface area contributed by atoms with Crippen LogP contribution < -0.4 is 16.6 Å². The normalized spacial score (nSPS) is 28.4. The van der Waals surface area contributed by atoms with Crippen LogP contribution in [0.15, 0.2) is 15.9 Å². The second kappa shape index (κ2) is 8.93.